The van der Waals surface area contributed by atoms with Crippen LogP contribution >= 0.6 is 0 Å². The molecule has 2 fully saturated rings. The molecule has 0 aromatic heterocycles. The molecule has 2 aliphatic rings. The van der Waals surface area contributed by atoms with Crippen LogP contribution in [-0.4, -0.2) is 51.8 Å². The van der Waals surface area contributed by atoms with Crippen molar-refractivity contribution in [2.24, 2.45) is 0 Å². The quantitative estimate of drug-likeness (QED) is 0.651. The molecule has 2 atom stereocenters. The van der Waals surface area contributed by atoms with Gasteiger partial charge in [-0.2, -0.15) is 0 Å². The van der Waals surface area contributed by atoms with Crippen LogP contribution in [0.3, 0.4) is 0 Å². The topological polar surface area (TPSA) is 89.9 Å². The Kier molecular flexibility index (Phi) is 4.63. The zero-order valence-corrected chi connectivity index (χ0v) is 11.0. The number of urea groups is 1. The van der Waals surface area contributed by atoms with Gasteiger partial charge in [0.25, 0.3) is 0 Å². The molecule has 0 spiro atoms. The maximum atomic E-state index is 12.1. The molecule has 1 unspecified atom stereocenters. The van der Waals surface area contributed by atoms with Crippen LogP contribution in [0.5, 0.6) is 0 Å². The molecule has 3 N–H and O–H groups in total. The van der Waals surface area contributed by atoms with E-state index < -0.39 is 18.1 Å². The van der Waals surface area contributed by atoms with Gasteiger partial charge in [-0.05, 0) is 12.8 Å². The number of carboxylic acid groups (broad SMARTS) is 1. The molecular weight excluding hydrogens is 248 g/mol. The van der Waals surface area contributed by atoms with Crippen LogP contribution in [0.25, 0.3) is 0 Å². The van der Waals surface area contributed by atoms with Crippen molar-refractivity contribution < 1.29 is 19.8 Å². The van der Waals surface area contributed by atoms with Crippen LogP contribution in [0.4, 0.5) is 4.79 Å². The number of carboxylic acids is 1. The highest BCUT2D eigenvalue weighted by Gasteiger charge is 2.39. The molecule has 19 heavy (non-hydrogen) atoms. The molecule has 2 rings (SSSR count). The van der Waals surface area contributed by atoms with E-state index in [1.807, 2.05) is 0 Å². The van der Waals surface area contributed by atoms with Crippen LogP contribution in [0, 0.1) is 0 Å². The monoisotopic (exact) mass is 270 g/mol. The highest BCUT2D eigenvalue weighted by atomic mass is 16.4. The number of hydrogen-bond donors (Lipinski definition) is 3. The van der Waals surface area contributed by atoms with Gasteiger partial charge in [-0.15, -0.1) is 0 Å². The Morgan fingerprint density at radius 3 is 2.32 bits per heavy atom. The highest BCUT2D eigenvalue weighted by molar-refractivity contribution is 5.83. The molecule has 1 saturated heterocycles. The van der Waals surface area contributed by atoms with Crippen molar-refractivity contribution >= 4 is 12.0 Å². The fraction of sp³-hybridized carbons (Fsp3) is 0.846. The van der Waals surface area contributed by atoms with Gasteiger partial charge in [-0.25, -0.2) is 9.59 Å². The average molecular weight is 270 g/mol. The fourth-order valence-corrected chi connectivity index (χ4v) is 2.95. The smallest absolute Gasteiger partial charge is 0.326 e. The van der Waals surface area contributed by atoms with Gasteiger partial charge in [0.05, 0.1) is 6.10 Å². The zero-order chi connectivity index (χ0) is 13.8. The molecule has 1 aliphatic carbocycles. The number of aliphatic hydroxyl groups excluding tert-OH is 1. The van der Waals surface area contributed by atoms with Crippen molar-refractivity contribution in [1.82, 2.24) is 10.2 Å². The van der Waals surface area contributed by atoms with Crippen molar-refractivity contribution in [3.8, 4) is 0 Å². The molecule has 6 heteroatoms. The summed E-state index contributed by atoms with van der Waals surface area (Å²) in [6.07, 6.45) is 5.92. The Bertz CT molecular complexity index is 340. The maximum Gasteiger partial charge on any atom is 0.326 e. The lowest BCUT2D eigenvalue weighted by molar-refractivity contribution is -0.141. The molecule has 0 bridgehead atoms. The number of amides is 2. The number of nitrogens with one attached hydrogen (secondary N) is 1. The minimum absolute atomic E-state index is 0.107. The van der Waals surface area contributed by atoms with E-state index in [0.29, 0.717) is 0 Å². The molecule has 1 heterocycles. The molecule has 0 aromatic carbocycles. The van der Waals surface area contributed by atoms with E-state index in [4.69, 9.17) is 5.11 Å². The number of carbonyl (C=O) groups is 2. The predicted molar refractivity (Wildman–Crippen MR) is 68.8 cm³/mol. The predicted octanol–water partition coefficient (Wildman–Crippen LogP) is 0.939. The molecule has 1 aliphatic heterocycles. The number of aliphatic carboxylic acids is 1. The number of nitrogens with zero attached hydrogens (tertiary/aromatic N) is 1. The minimum Gasteiger partial charge on any atom is -0.480 e. The first-order valence-corrected chi connectivity index (χ1v) is 7.06. The molecule has 6 nitrogen and oxygen atoms in total. The molecular formula is C13H22N2O4. The van der Waals surface area contributed by atoms with Gasteiger partial charge in [0.2, 0.25) is 0 Å². The van der Waals surface area contributed by atoms with E-state index in [0.717, 1.165) is 25.7 Å². The summed E-state index contributed by atoms with van der Waals surface area (Å²) >= 11 is 0. The second-order valence-corrected chi connectivity index (χ2v) is 5.53. The molecule has 0 aromatic rings. The van der Waals surface area contributed by atoms with E-state index in [-0.39, 0.29) is 25.0 Å². The second kappa shape index (κ2) is 6.23. The van der Waals surface area contributed by atoms with Gasteiger partial charge < -0.3 is 20.4 Å². The lowest BCUT2D eigenvalue weighted by Crippen LogP contribution is -2.49. The van der Waals surface area contributed by atoms with Crippen LogP contribution in [0.2, 0.25) is 0 Å². The van der Waals surface area contributed by atoms with Gasteiger partial charge in [-0.1, -0.05) is 25.7 Å². The number of carbonyl (C=O) groups excluding carboxylic acids is 1. The number of rotatable bonds is 2. The number of aliphatic hydroxyl groups is 1. The fourth-order valence-electron chi connectivity index (χ4n) is 2.95. The number of hydrogen-bond acceptors (Lipinski definition) is 3. The van der Waals surface area contributed by atoms with Crippen LogP contribution in [0.1, 0.15) is 44.9 Å². The first kappa shape index (κ1) is 14.1. The first-order valence-electron chi connectivity index (χ1n) is 7.06. The van der Waals surface area contributed by atoms with Gasteiger partial charge in [0.1, 0.15) is 6.04 Å². The van der Waals surface area contributed by atoms with E-state index in [1.165, 1.54) is 17.7 Å². The van der Waals surface area contributed by atoms with Crippen LogP contribution in [-0.2, 0) is 4.79 Å². The van der Waals surface area contributed by atoms with E-state index in [1.54, 1.807) is 0 Å². The van der Waals surface area contributed by atoms with Gasteiger partial charge in [0.15, 0.2) is 0 Å². The standard InChI is InChI=1S/C13H22N2O4/c16-10-7-11(12(17)18)15(8-10)13(19)14-9-5-3-1-2-4-6-9/h9-11,16H,1-8H2,(H,14,19)(H,17,18)/t10?,11-/m0/s1. The van der Waals surface area contributed by atoms with Gasteiger partial charge in [0, 0.05) is 19.0 Å². The summed E-state index contributed by atoms with van der Waals surface area (Å²) in [7, 11) is 0. The van der Waals surface area contributed by atoms with Crippen molar-refractivity contribution in [3.63, 3.8) is 0 Å². The van der Waals surface area contributed by atoms with Crippen molar-refractivity contribution in [3.05, 3.63) is 0 Å². The van der Waals surface area contributed by atoms with E-state index in [2.05, 4.69) is 5.32 Å². The van der Waals surface area contributed by atoms with Crippen molar-refractivity contribution in [2.45, 2.75) is 63.1 Å². The summed E-state index contributed by atoms with van der Waals surface area (Å²) in [5.41, 5.74) is 0. The second-order valence-electron chi connectivity index (χ2n) is 5.53. The first-order chi connectivity index (χ1) is 9.08. The van der Waals surface area contributed by atoms with Crippen LogP contribution in [0.15, 0.2) is 0 Å². The Morgan fingerprint density at radius 1 is 1.11 bits per heavy atom. The Balaban J connectivity index is 1.92. The SMILES string of the molecule is O=C(O)[C@@H]1CC(O)CN1C(=O)NC1CCCCCC1. The summed E-state index contributed by atoms with van der Waals surface area (Å²) in [6.45, 7) is 0.107. The number of likely N-dealkylation sites (tertiary alicyclic amines) is 1. The third-order valence-corrected chi connectivity index (χ3v) is 4.01. The third-order valence-electron chi connectivity index (χ3n) is 4.01. The third kappa shape index (κ3) is 3.59. The number of β-amino-alcohol motifs (C(OH)–C–C–N with tert-alkyl or cyclic N) is 1. The van der Waals surface area contributed by atoms with Gasteiger partial charge >= 0.3 is 12.0 Å². The molecule has 2 amide bonds. The van der Waals surface area contributed by atoms with Gasteiger partial charge in [-0.3, -0.25) is 0 Å². The molecule has 1 saturated carbocycles. The minimum atomic E-state index is -1.05. The summed E-state index contributed by atoms with van der Waals surface area (Å²) in [6, 6.07) is -1.11. The Morgan fingerprint density at radius 2 is 1.74 bits per heavy atom. The molecule has 0 radical (unpaired) electrons. The highest BCUT2D eigenvalue weighted by Crippen LogP contribution is 2.21. The lowest BCUT2D eigenvalue weighted by Gasteiger charge is -2.25. The van der Waals surface area contributed by atoms with Crippen molar-refractivity contribution in [2.75, 3.05) is 6.54 Å². The zero-order valence-electron chi connectivity index (χ0n) is 11.0. The van der Waals surface area contributed by atoms with Crippen molar-refractivity contribution in [1.29, 1.82) is 0 Å². The average Bonchev–Trinajstić information content (AvgIpc) is 2.58. The van der Waals surface area contributed by atoms with Crippen LogP contribution < -0.4 is 5.32 Å². The summed E-state index contributed by atoms with van der Waals surface area (Å²) < 4.78 is 0. The lowest BCUT2D eigenvalue weighted by atomic mass is 10.1. The normalized spacial score (nSPS) is 29.0. The largest absolute Gasteiger partial charge is 0.480 e. The van der Waals surface area contributed by atoms with E-state index >= 15 is 0 Å². The van der Waals surface area contributed by atoms with E-state index in [9.17, 15) is 14.7 Å². The summed E-state index contributed by atoms with van der Waals surface area (Å²) in [4.78, 5) is 24.5. The Labute approximate surface area is 112 Å². The maximum absolute atomic E-state index is 12.1. The molecule has 108 valence electrons. The Hall–Kier alpha value is -1.30. The summed E-state index contributed by atoms with van der Waals surface area (Å²) in [5.74, 6) is -1.05. The summed E-state index contributed by atoms with van der Waals surface area (Å²) in [5, 5.41) is 21.5.